The van der Waals surface area contributed by atoms with Gasteiger partial charge in [-0.2, -0.15) is 4.31 Å². The van der Waals surface area contributed by atoms with Gasteiger partial charge in [-0.05, 0) is 49.9 Å². The molecule has 30 heavy (non-hydrogen) atoms. The van der Waals surface area contributed by atoms with Gasteiger partial charge in [0.1, 0.15) is 17.5 Å². The number of rotatable bonds is 5. The lowest BCUT2D eigenvalue weighted by molar-refractivity contribution is 0.0226. The second-order valence-electron chi connectivity index (χ2n) is 8.19. The molecule has 1 aliphatic rings. The van der Waals surface area contributed by atoms with Crippen molar-refractivity contribution in [1.29, 1.82) is 0 Å². The Bertz CT molecular complexity index is 1150. The van der Waals surface area contributed by atoms with E-state index in [4.69, 9.17) is 0 Å². The highest BCUT2D eigenvalue weighted by molar-refractivity contribution is 7.89. The summed E-state index contributed by atoms with van der Waals surface area (Å²) in [5, 5.41) is 12.2. The van der Waals surface area contributed by atoms with Crippen molar-refractivity contribution in [2.45, 2.75) is 26.0 Å². The lowest BCUT2D eigenvalue weighted by atomic mass is 10.1. The Morgan fingerprint density at radius 2 is 1.57 bits per heavy atom. The van der Waals surface area contributed by atoms with Gasteiger partial charge in [-0.1, -0.05) is 6.92 Å². The molecule has 4 rings (SSSR count). The van der Waals surface area contributed by atoms with Crippen LogP contribution >= 0.6 is 0 Å². The molecule has 0 spiro atoms. The molecule has 1 aliphatic heterocycles. The van der Waals surface area contributed by atoms with Crippen molar-refractivity contribution < 1.29 is 22.3 Å². The molecule has 2 aromatic carbocycles. The molecule has 1 N–H and O–H groups in total. The average Bonchev–Trinajstić information content (AvgIpc) is 2.95. The molecule has 9 heteroatoms. The summed E-state index contributed by atoms with van der Waals surface area (Å²) in [5.41, 5.74) is -0.0878. The van der Waals surface area contributed by atoms with Crippen LogP contribution in [0, 0.1) is 11.6 Å². The normalized spacial score (nSPS) is 20.0. The number of hydrogen-bond donors (Lipinski definition) is 1. The number of sulfonamides is 1. The molecule has 0 amide bonds. The van der Waals surface area contributed by atoms with E-state index in [0.717, 1.165) is 0 Å². The molecule has 1 aromatic heterocycles. The zero-order chi connectivity index (χ0) is 21.7. The highest BCUT2D eigenvalue weighted by Crippen LogP contribution is 2.32. The van der Waals surface area contributed by atoms with Crippen molar-refractivity contribution in [2.75, 3.05) is 32.1 Å². The van der Waals surface area contributed by atoms with Crippen molar-refractivity contribution in [1.82, 2.24) is 13.8 Å². The van der Waals surface area contributed by atoms with E-state index in [1.54, 1.807) is 23.6 Å². The van der Waals surface area contributed by atoms with E-state index in [1.807, 2.05) is 11.8 Å². The first-order valence-corrected chi connectivity index (χ1v) is 11.5. The van der Waals surface area contributed by atoms with Gasteiger partial charge >= 0.3 is 0 Å². The third-order valence-electron chi connectivity index (χ3n) is 5.66. The molecular weight excluding hydrogens is 412 g/mol. The van der Waals surface area contributed by atoms with E-state index in [9.17, 15) is 22.3 Å². The number of likely N-dealkylation sites (N-methyl/N-ethyl adjacent to an activating group) is 1. The molecule has 162 valence electrons. The van der Waals surface area contributed by atoms with Gasteiger partial charge in [0.05, 0.1) is 12.1 Å². The standard InChI is InChI=1S/C21H25F2N3O3S/c1-3-24-8-9-25(30(28,29)14-24)12-21(2,27)13-26-19-6-4-15(22)10-17(19)18-11-16(23)5-7-20(18)26/h4-7,10-11,27H,3,8-9,12-14H2,1-2H3. The number of fused-ring (bicyclic) bond motifs is 3. The van der Waals surface area contributed by atoms with E-state index >= 15 is 0 Å². The summed E-state index contributed by atoms with van der Waals surface area (Å²) >= 11 is 0. The van der Waals surface area contributed by atoms with E-state index in [2.05, 4.69) is 0 Å². The lowest BCUT2D eigenvalue weighted by Crippen LogP contribution is -2.54. The number of aliphatic hydroxyl groups is 1. The number of benzene rings is 2. The first-order valence-electron chi connectivity index (χ1n) is 9.89. The minimum absolute atomic E-state index is 0.0591. The van der Waals surface area contributed by atoms with Crippen molar-refractivity contribution in [3.63, 3.8) is 0 Å². The smallest absolute Gasteiger partial charge is 0.227 e. The van der Waals surface area contributed by atoms with Crippen LogP contribution < -0.4 is 0 Å². The van der Waals surface area contributed by atoms with Gasteiger partial charge in [-0.3, -0.25) is 4.90 Å². The molecule has 0 aliphatic carbocycles. The fraction of sp³-hybridized carbons (Fsp3) is 0.429. The van der Waals surface area contributed by atoms with Crippen LogP contribution in [0.2, 0.25) is 0 Å². The van der Waals surface area contributed by atoms with Crippen LogP contribution in [0.15, 0.2) is 36.4 Å². The van der Waals surface area contributed by atoms with Crippen LogP contribution in [0.3, 0.4) is 0 Å². The Morgan fingerprint density at radius 1 is 1.00 bits per heavy atom. The molecule has 1 fully saturated rings. The second-order valence-corrected chi connectivity index (χ2v) is 10.1. The Labute approximate surface area is 174 Å². The maximum Gasteiger partial charge on any atom is 0.227 e. The molecule has 3 aromatic rings. The maximum absolute atomic E-state index is 13.8. The molecular formula is C21H25F2N3O3S. The van der Waals surface area contributed by atoms with Crippen LogP contribution in [0.5, 0.6) is 0 Å². The van der Waals surface area contributed by atoms with Crippen LogP contribution in [-0.2, 0) is 16.6 Å². The molecule has 0 bridgehead atoms. The summed E-state index contributed by atoms with van der Waals surface area (Å²) in [7, 11) is -3.50. The van der Waals surface area contributed by atoms with Gasteiger partial charge in [0, 0.05) is 41.4 Å². The maximum atomic E-state index is 13.8. The zero-order valence-corrected chi connectivity index (χ0v) is 17.8. The minimum atomic E-state index is -3.50. The summed E-state index contributed by atoms with van der Waals surface area (Å²) in [4.78, 5) is 1.84. The summed E-state index contributed by atoms with van der Waals surface area (Å²) in [5.74, 6) is -0.928. The van der Waals surface area contributed by atoms with Crippen molar-refractivity contribution in [2.24, 2.45) is 0 Å². The second kappa shape index (κ2) is 7.56. The Hall–Kier alpha value is -2.07. The average molecular weight is 438 g/mol. The number of halogens is 2. The van der Waals surface area contributed by atoms with Gasteiger partial charge in [0.2, 0.25) is 10.0 Å². The van der Waals surface area contributed by atoms with Gasteiger partial charge in [0.15, 0.2) is 0 Å². The number of nitrogens with zero attached hydrogens (tertiary/aromatic N) is 3. The van der Waals surface area contributed by atoms with Crippen molar-refractivity contribution in [3.05, 3.63) is 48.0 Å². The van der Waals surface area contributed by atoms with Crippen LogP contribution in [0.4, 0.5) is 8.78 Å². The van der Waals surface area contributed by atoms with Crippen molar-refractivity contribution in [3.8, 4) is 0 Å². The Kier molecular flexibility index (Phi) is 5.34. The topological polar surface area (TPSA) is 65.8 Å². The quantitative estimate of drug-likeness (QED) is 0.667. The SMILES string of the molecule is CCN1CCN(CC(C)(O)Cn2c3ccc(F)cc3c3cc(F)ccc32)S(=O)(=O)C1. The first-order chi connectivity index (χ1) is 14.1. The molecule has 6 nitrogen and oxygen atoms in total. The van der Waals surface area contributed by atoms with Gasteiger partial charge in [0.25, 0.3) is 0 Å². The molecule has 2 heterocycles. The first kappa shape index (κ1) is 21.2. The number of aromatic nitrogens is 1. The van der Waals surface area contributed by atoms with Crippen molar-refractivity contribution >= 4 is 31.8 Å². The third-order valence-corrected chi connectivity index (χ3v) is 7.45. The van der Waals surface area contributed by atoms with E-state index in [-0.39, 0.29) is 19.0 Å². The lowest BCUT2D eigenvalue weighted by Gasteiger charge is -2.37. The van der Waals surface area contributed by atoms with Gasteiger partial charge in [-0.25, -0.2) is 17.2 Å². The third kappa shape index (κ3) is 3.94. The highest BCUT2D eigenvalue weighted by Gasteiger charge is 2.35. The van der Waals surface area contributed by atoms with Crippen LogP contribution in [-0.4, -0.2) is 65.0 Å². The molecule has 0 saturated carbocycles. The molecule has 0 radical (unpaired) electrons. The molecule has 1 saturated heterocycles. The number of β-amino-alcohol motifs (C(OH)–C–C–N with tert-alkyl or cyclic N) is 1. The fourth-order valence-electron chi connectivity index (χ4n) is 4.19. The number of hydrogen-bond acceptors (Lipinski definition) is 4. The Morgan fingerprint density at radius 3 is 2.07 bits per heavy atom. The Balaban J connectivity index is 1.69. The summed E-state index contributed by atoms with van der Waals surface area (Å²) in [6.07, 6.45) is 0. The van der Waals surface area contributed by atoms with Gasteiger partial charge < -0.3 is 9.67 Å². The van der Waals surface area contributed by atoms with Crippen LogP contribution in [0.1, 0.15) is 13.8 Å². The monoisotopic (exact) mass is 437 g/mol. The molecule has 1 atom stereocenters. The summed E-state index contributed by atoms with van der Waals surface area (Å²) in [6, 6.07) is 8.51. The predicted octanol–water partition coefficient (Wildman–Crippen LogP) is 2.75. The minimum Gasteiger partial charge on any atom is -0.387 e. The fourth-order valence-corrected chi connectivity index (χ4v) is 5.96. The van der Waals surface area contributed by atoms with E-state index in [1.165, 1.54) is 28.6 Å². The molecule has 1 unspecified atom stereocenters. The summed E-state index contributed by atoms with van der Waals surface area (Å²) < 4.78 is 56.0. The predicted molar refractivity (Wildman–Crippen MR) is 113 cm³/mol. The van der Waals surface area contributed by atoms with Crippen LogP contribution in [0.25, 0.3) is 21.8 Å². The van der Waals surface area contributed by atoms with E-state index < -0.39 is 27.3 Å². The highest BCUT2D eigenvalue weighted by atomic mass is 32.2. The zero-order valence-electron chi connectivity index (χ0n) is 17.0. The largest absolute Gasteiger partial charge is 0.387 e. The summed E-state index contributed by atoms with van der Waals surface area (Å²) in [6.45, 7) is 5.09. The van der Waals surface area contributed by atoms with E-state index in [0.29, 0.717) is 41.4 Å². The van der Waals surface area contributed by atoms with Gasteiger partial charge in [-0.15, -0.1) is 0 Å².